The highest BCUT2D eigenvalue weighted by Gasteiger charge is 2.35. The van der Waals surface area contributed by atoms with Gasteiger partial charge >= 0.3 is 0 Å². The van der Waals surface area contributed by atoms with Crippen LogP contribution in [-0.4, -0.2) is 66.1 Å². The molecule has 1 fully saturated rings. The van der Waals surface area contributed by atoms with Crippen LogP contribution in [0.25, 0.3) is 11.1 Å². The Morgan fingerprint density at radius 3 is 2.54 bits per heavy atom. The molecule has 2 N–H and O–H groups in total. The number of hydrogen-bond donors (Lipinski definition) is 2. The molecule has 2 atom stereocenters. The monoisotopic (exact) mass is 622 g/mol. The maximum atomic E-state index is 13.8. The van der Waals surface area contributed by atoms with Gasteiger partial charge in [0.25, 0.3) is 23.3 Å². The first-order valence-corrected chi connectivity index (χ1v) is 15.0. The molecule has 7 rings (SSSR count). The standard InChI is InChI=1S/C35H34N4O7/c1-38-14-12-25(18-33(38)41)35(43)39-15-13-31-29(20-39)37-34(42)24-8-11-30(44-2)28(17-24)23-4-3-5-27(16-23)45-21-32(40)36-19-22-6-9-26(46-31)10-7-22/h3-12,14,16-18,29,31H,13,15,19-21H2,1-2H3,(H,36,40)(H,37,42)/t29-,31-/m1/s1. The average molecular weight is 623 g/mol. The fraction of sp³-hybridized carbons (Fsp3) is 0.257. The number of nitrogens with one attached hydrogen (secondary N) is 2. The van der Waals surface area contributed by atoms with Crippen LogP contribution in [0.4, 0.5) is 0 Å². The number of carbonyl (C=O) groups excluding carboxylic acids is 3. The van der Waals surface area contributed by atoms with E-state index >= 15 is 0 Å². The number of amides is 3. The minimum Gasteiger partial charge on any atom is -0.496 e. The largest absolute Gasteiger partial charge is 0.496 e. The quantitative estimate of drug-likeness (QED) is 0.352. The van der Waals surface area contributed by atoms with Crippen LogP contribution >= 0.6 is 0 Å². The Labute approximate surface area is 265 Å². The number of hydrogen-bond acceptors (Lipinski definition) is 7. The molecule has 0 unspecified atom stereocenters. The zero-order valence-corrected chi connectivity index (χ0v) is 25.5. The summed E-state index contributed by atoms with van der Waals surface area (Å²) in [5.41, 5.74) is 2.67. The molecule has 0 radical (unpaired) electrons. The lowest BCUT2D eigenvalue weighted by atomic mass is 9.98. The summed E-state index contributed by atoms with van der Waals surface area (Å²) in [5.74, 6) is 0.731. The molecule has 3 aliphatic heterocycles. The van der Waals surface area contributed by atoms with Crippen LogP contribution in [0.2, 0.25) is 0 Å². The van der Waals surface area contributed by atoms with Crippen molar-refractivity contribution in [1.82, 2.24) is 20.1 Å². The first-order chi connectivity index (χ1) is 22.3. The van der Waals surface area contributed by atoms with E-state index in [4.69, 9.17) is 14.2 Å². The Bertz CT molecular complexity index is 1840. The topological polar surface area (TPSA) is 128 Å². The van der Waals surface area contributed by atoms with Gasteiger partial charge in [0.1, 0.15) is 23.4 Å². The number of ether oxygens (including phenoxy) is 3. The molecule has 0 saturated carbocycles. The highest BCUT2D eigenvalue weighted by atomic mass is 16.5. The van der Waals surface area contributed by atoms with E-state index in [1.807, 2.05) is 30.3 Å². The zero-order valence-electron chi connectivity index (χ0n) is 25.5. The predicted octanol–water partition coefficient (Wildman–Crippen LogP) is 3.16. The Morgan fingerprint density at radius 1 is 0.935 bits per heavy atom. The minimum absolute atomic E-state index is 0.159. The van der Waals surface area contributed by atoms with E-state index in [0.717, 1.165) is 11.1 Å². The summed E-state index contributed by atoms with van der Waals surface area (Å²) in [7, 11) is 3.18. The van der Waals surface area contributed by atoms with Gasteiger partial charge < -0.3 is 34.3 Å². The van der Waals surface area contributed by atoms with Crippen LogP contribution < -0.4 is 30.4 Å². The van der Waals surface area contributed by atoms with Gasteiger partial charge in [0, 0.05) is 62.1 Å². The average Bonchev–Trinajstić information content (AvgIpc) is 3.08. The van der Waals surface area contributed by atoms with Gasteiger partial charge in [-0.1, -0.05) is 24.3 Å². The number of carbonyl (C=O) groups is 3. The van der Waals surface area contributed by atoms with Gasteiger partial charge in [-0.15, -0.1) is 0 Å². The lowest BCUT2D eigenvalue weighted by molar-refractivity contribution is -0.123. The summed E-state index contributed by atoms with van der Waals surface area (Å²) < 4.78 is 19.2. The van der Waals surface area contributed by atoms with Gasteiger partial charge in [-0.05, 0) is 59.7 Å². The van der Waals surface area contributed by atoms with Crippen molar-refractivity contribution in [1.29, 1.82) is 0 Å². The number of aryl methyl sites for hydroxylation is 1. The van der Waals surface area contributed by atoms with Gasteiger partial charge in [0.15, 0.2) is 6.61 Å². The van der Waals surface area contributed by atoms with Crippen molar-refractivity contribution in [2.24, 2.45) is 7.05 Å². The molecule has 0 spiro atoms. The summed E-state index contributed by atoms with van der Waals surface area (Å²) in [6.07, 6.45) is 1.56. The number of pyridine rings is 1. The van der Waals surface area contributed by atoms with Gasteiger partial charge in [-0.25, -0.2) is 0 Å². The molecular formula is C35H34N4O7. The molecule has 1 saturated heterocycles. The maximum Gasteiger partial charge on any atom is 0.258 e. The van der Waals surface area contributed by atoms with Crippen molar-refractivity contribution in [2.75, 3.05) is 26.8 Å². The van der Waals surface area contributed by atoms with Crippen LogP contribution in [0.15, 0.2) is 89.9 Å². The van der Waals surface area contributed by atoms with Gasteiger partial charge in [0.2, 0.25) is 0 Å². The number of rotatable bonds is 2. The lowest BCUT2D eigenvalue weighted by Crippen LogP contribution is -2.58. The second kappa shape index (κ2) is 13.2. The molecule has 46 heavy (non-hydrogen) atoms. The van der Waals surface area contributed by atoms with Crippen molar-refractivity contribution < 1.29 is 28.6 Å². The number of benzene rings is 3. The molecule has 6 bridgehead atoms. The van der Waals surface area contributed by atoms with Gasteiger partial charge in [0.05, 0.1) is 13.2 Å². The fourth-order valence-corrected chi connectivity index (χ4v) is 5.60. The Balaban J connectivity index is 1.34. The van der Waals surface area contributed by atoms with Crippen LogP contribution in [0, 0.1) is 0 Å². The molecule has 3 aromatic carbocycles. The van der Waals surface area contributed by atoms with Crippen molar-refractivity contribution in [3.05, 3.63) is 112 Å². The van der Waals surface area contributed by atoms with E-state index in [0.29, 0.717) is 47.9 Å². The fourth-order valence-electron chi connectivity index (χ4n) is 5.60. The highest BCUT2D eigenvalue weighted by molar-refractivity contribution is 5.97. The van der Waals surface area contributed by atoms with E-state index in [1.54, 1.807) is 67.7 Å². The molecule has 3 amide bonds. The third-order valence-electron chi connectivity index (χ3n) is 8.18. The summed E-state index contributed by atoms with van der Waals surface area (Å²) in [4.78, 5) is 53.6. The smallest absolute Gasteiger partial charge is 0.258 e. The minimum atomic E-state index is -0.566. The third-order valence-corrected chi connectivity index (χ3v) is 8.18. The van der Waals surface area contributed by atoms with E-state index in [1.165, 1.54) is 10.6 Å². The molecule has 4 aromatic rings. The van der Waals surface area contributed by atoms with Crippen LogP contribution in [0.3, 0.4) is 0 Å². The second-order valence-corrected chi connectivity index (χ2v) is 11.3. The van der Waals surface area contributed by atoms with Crippen molar-refractivity contribution in [3.8, 4) is 28.4 Å². The number of aromatic nitrogens is 1. The van der Waals surface area contributed by atoms with E-state index in [2.05, 4.69) is 10.6 Å². The second-order valence-electron chi connectivity index (χ2n) is 11.3. The molecule has 1 aromatic heterocycles. The Morgan fingerprint density at radius 2 is 1.76 bits per heavy atom. The first kappa shape index (κ1) is 30.4. The number of fused-ring (bicyclic) bond motifs is 7. The van der Waals surface area contributed by atoms with Gasteiger partial charge in [-0.3, -0.25) is 19.2 Å². The molecule has 4 heterocycles. The SMILES string of the molecule is COc1ccc2cc1-c1cccc(c1)OCC(=O)NCc1ccc(cc1)O[C@@H]1CCN(C(=O)c3ccn(C)c(=O)c3)C[C@H]1NC2=O. The molecule has 3 aliphatic rings. The number of methoxy groups -OCH3 is 1. The zero-order chi connectivity index (χ0) is 32.2. The maximum absolute atomic E-state index is 13.8. The summed E-state index contributed by atoms with van der Waals surface area (Å²) in [6.45, 7) is 0.708. The van der Waals surface area contributed by atoms with Crippen molar-refractivity contribution in [3.63, 3.8) is 0 Å². The van der Waals surface area contributed by atoms with Crippen molar-refractivity contribution >= 4 is 17.7 Å². The van der Waals surface area contributed by atoms with Gasteiger partial charge in [-0.2, -0.15) is 0 Å². The molecule has 11 heteroatoms. The van der Waals surface area contributed by atoms with E-state index < -0.39 is 12.1 Å². The summed E-state index contributed by atoms with van der Waals surface area (Å²) >= 11 is 0. The first-order valence-electron chi connectivity index (χ1n) is 15.0. The van der Waals surface area contributed by atoms with Crippen LogP contribution in [0.5, 0.6) is 17.2 Å². The number of piperidine rings is 1. The molecular weight excluding hydrogens is 588 g/mol. The van der Waals surface area contributed by atoms with Crippen molar-refractivity contribution in [2.45, 2.75) is 25.1 Å². The molecule has 236 valence electrons. The summed E-state index contributed by atoms with van der Waals surface area (Å²) in [5, 5.41) is 5.98. The van der Waals surface area contributed by atoms with Crippen LogP contribution in [-0.2, 0) is 18.4 Å². The number of likely N-dealkylation sites (tertiary alicyclic amines) is 1. The summed E-state index contributed by atoms with van der Waals surface area (Å²) in [6, 6.07) is 22.1. The van der Waals surface area contributed by atoms with Crippen LogP contribution in [0.1, 0.15) is 32.7 Å². The Hall–Kier alpha value is -5.58. The molecule has 0 aliphatic carbocycles. The van der Waals surface area contributed by atoms with E-state index in [9.17, 15) is 19.2 Å². The normalized spacial score (nSPS) is 18.3. The predicted molar refractivity (Wildman–Crippen MR) is 170 cm³/mol. The Kier molecular flexibility index (Phi) is 8.73. The number of nitrogens with zero attached hydrogens (tertiary/aromatic N) is 2. The lowest BCUT2D eigenvalue weighted by Gasteiger charge is -2.39. The third kappa shape index (κ3) is 6.73. The van der Waals surface area contributed by atoms with E-state index in [-0.39, 0.29) is 42.0 Å². The highest BCUT2D eigenvalue weighted by Crippen LogP contribution is 2.33. The molecule has 11 nitrogen and oxygen atoms in total.